The standard InChI is InChI=1S/C19H13N5/c1-2-13(8-20-5-1)18-7-16-15-6-12(14-9-22-23-10-14)3-4-17(15)24-19(16)11-21-18/h1-11,24H,(H,22,23). The Morgan fingerprint density at radius 1 is 0.792 bits per heavy atom. The summed E-state index contributed by atoms with van der Waals surface area (Å²) in [4.78, 5) is 12.2. The van der Waals surface area contributed by atoms with Gasteiger partial charge in [-0.05, 0) is 35.9 Å². The number of aromatic amines is 2. The number of rotatable bonds is 2. The highest BCUT2D eigenvalue weighted by atomic mass is 15.1. The van der Waals surface area contributed by atoms with Gasteiger partial charge in [0.15, 0.2) is 0 Å². The molecule has 0 aliphatic rings. The number of aromatic nitrogens is 5. The number of nitrogens with zero attached hydrogens (tertiary/aromatic N) is 3. The van der Waals surface area contributed by atoms with Crippen molar-refractivity contribution in [2.24, 2.45) is 0 Å². The Balaban J connectivity index is 1.75. The molecule has 0 saturated carbocycles. The van der Waals surface area contributed by atoms with E-state index < -0.39 is 0 Å². The van der Waals surface area contributed by atoms with Gasteiger partial charge in [-0.1, -0.05) is 6.07 Å². The third kappa shape index (κ3) is 1.99. The van der Waals surface area contributed by atoms with Crippen molar-refractivity contribution in [2.75, 3.05) is 0 Å². The first-order chi connectivity index (χ1) is 11.9. The van der Waals surface area contributed by atoms with E-state index in [4.69, 9.17) is 0 Å². The molecule has 0 atom stereocenters. The van der Waals surface area contributed by atoms with Gasteiger partial charge in [0.2, 0.25) is 0 Å². The van der Waals surface area contributed by atoms with Crippen molar-refractivity contribution in [3.63, 3.8) is 0 Å². The molecule has 0 saturated heterocycles. The second-order valence-corrected chi connectivity index (χ2v) is 5.73. The molecule has 0 bridgehead atoms. The lowest BCUT2D eigenvalue weighted by Crippen LogP contribution is -1.83. The molecule has 0 unspecified atom stereocenters. The molecule has 5 heteroatoms. The van der Waals surface area contributed by atoms with Crippen LogP contribution >= 0.6 is 0 Å². The van der Waals surface area contributed by atoms with E-state index in [1.807, 2.05) is 36.9 Å². The van der Waals surface area contributed by atoms with Crippen LogP contribution in [0.3, 0.4) is 0 Å². The van der Waals surface area contributed by atoms with Crippen molar-refractivity contribution in [3.8, 4) is 22.4 Å². The van der Waals surface area contributed by atoms with Gasteiger partial charge >= 0.3 is 0 Å². The zero-order chi connectivity index (χ0) is 15.9. The smallest absolute Gasteiger partial charge is 0.0725 e. The van der Waals surface area contributed by atoms with Gasteiger partial charge in [0.25, 0.3) is 0 Å². The molecule has 0 aliphatic carbocycles. The molecule has 4 aromatic heterocycles. The summed E-state index contributed by atoms with van der Waals surface area (Å²) >= 11 is 0. The number of nitrogens with one attached hydrogen (secondary N) is 2. The lowest BCUT2D eigenvalue weighted by Gasteiger charge is -2.01. The van der Waals surface area contributed by atoms with E-state index in [1.165, 1.54) is 5.39 Å². The van der Waals surface area contributed by atoms with E-state index in [-0.39, 0.29) is 0 Å². The summed E-state index contributed by atoms with van der Waals surface area (Å²) in [6, 6.07) is 12.4. The summed E-state index contributed by atoms with van der Waals surface area (Å²) < 4.78 is 0. The van der Waals surface area contributed by atoms with Crippen LogP contribution in [0.1, 0.15) is 0 Å². The van der Waals surface area contributed by atoms with Crippen LogP contribution in [0.4, 0.5) is 0 Å². The summed E-state index contributed by atoms with van der Waals surface area (Å²) in [6.45, 7) is 0. The van der Waals surface area contributed by atoms with Crippen LogP contribution in [-0.4, -0.2) is 25.1 Å². The predicted octanol–water partition coefficient (Wildman–Crippen LogP) is 4.17. The molecule has 1 aromatic carbocycles. The molecular weight excluding hydrogens is 298 g/mol. The fraction of sp³-hybridized carbons (Fsp3) is 0. The van der Waals surface area contributed by atoms with Crippen molar-refractivity contribution in [3.05, 3.63) is 67.4 Å². The van der Waals surface area contributed by atoms with Gasteiger partial charge in [0, 0.05) is 46.0 Å². The number of pyridine rings is 2. The molecule has 0 aliphatic heterocycles. The number of fused-ring (bicyclic) bond motifs is 3. The maximum atomic E-state index is 4.56. The lowest BCUT2D eigenvalue weighted by atomic mass is 10.0. The summed E-state index contributed by atoms with van der Waals surface area (Å²) in [6.07, 6.45) is 9.22. The van der Waals surface area contributed by atoms with Crippen LogP contribution in [0.2, 0.25) is 0 Å². The Morgan fingerprint density at radius 2 is 1.75 bits per heavy atom. The molecule has 4 heterocycles. The van der Waals surface area contributed by atoms with Crippen LogP contribution in [0, 0.1) is 0 Å². The quantitative estimate of drug-likeness (QED) is 0.514. The Kier molecular flexibility index (Phi) is 2.72. The lowest BCUT2D eigenvalue weighted by molar-refractivity contribution is 1.09. The molecule has 0 amide bonds. The Hall–Kier alpha value is -3.47. The highest BCUT2D eigenvalue weighted by molar-refractivity contribution is 6.09. The minimum absolute atomic E-state index is 0.921. The number of hydrogen-bond donors (Lipinski definition) is 2. The number of H-pyrrole nitrogens is 2. The van der Waals surface area contributed by atoms with Crippen LogP contribution in [0.5, 0.6) is 0 Å². The van der Waals surface area contributed by atoms with Gasteiger partial charge in [-0.3, -0.25) is 15.1 Å². The van der Waals surface area contributed by atoms with Crippen LogP contribution < -0.4 is 0 Å². The van der Waals surface area contributed by atoms with Crippen molar-refractivity contribution in [2.45, 2.75) is 0 Å². The van der Waals surface area contributed by atoms with E-state index in [0.717, 1.165) is 38.8 Å². The second-order valence-electron chi connectivity index (χ2n) is 5.73. The molecule has 5 rings (SSSR count). The largest absolute Gasteiger partial charge is 0.353 e. The first-order valence-electron chi connectivity index (χ1n) is 7.69. The monoisotopic (exact) mass is 311 g/mol. The molecule has 114 valence electrons. The molecule has 24 heavy (non-hydrogen) atoms. The van der Waals surface area contributed by atoms with Gasteiger partial charge in [0.1, 0.15) is 0 Å². The van der Waals surface area contributed by atoms with Crippen LogP contribution in [0.25, 0.3) is 44.2 Å². The maximum Gasteiger partial charge on any atom is 0.0725 e. The zero-order valence-corrected chi connectivity index (χ0v) is 12.7. The molecular formula is C19H13N5. The van der Waals surface area contributed by atoms with Gasteiger partial charge in [0.05, 0.1) is 23.6 Å². The van der Waals surface area contributed by atoms with Gasteiger partial charge < -0.3 is 4.98 Å². The Morgan fingerprint density at radius 3 is 2.58 bits per heavy atom. The second kappa shape index (κ2) is 5.03. The molecule has 0 radical (unpaired) electrons. The highest BCUT2D eigenvalue weighted by Crippen LogP contribution is 2.31. The fourth-order valence-electron chi connectivity index (χ4n) is 3.06. The maximum absolute atomic E-state index is 4.56. The summed E-state index contributed by atoms with van der Waals surface area (Å²) in [5, 5.41) is 9.23. The van der Waals surface area contributed by atoms with Crippen LogP contribution in [0.15, 0.2) is 67.4 Å². The van der Waals surface area contributed by atoms with Crippen molar-refractivity contribution in [1.82, 2.24) is 25.1 Å². The third-order valence-electron chi connectivity index (χ3n) is 4.27. The molecule has 0 spiro atoms. The van der Waals surface area contributed by atoms with E-state index in [9.17, 15) is 0 Å². The number of benzene rings is 1. The average molecular weight is 311 g/mol. The van der Waals surface area contributed by atoms with Gasteiger partial charge in [-0.15, -0.1) is 0 Å². The zero-order valence-electron chi connectivity index (χ0n) is 12.7. The van der Waals surface area contributed by atoms with Gasteiger partial charge in [-0.25, -0.2) is 0 Å². The average Bonchev–Trinajstić information content (AvgIpc) is 3.29. The minimum atomic E-state index is 0.921. The first kappa shape index (κ1) is 13.0. The Labute approximate surface area is 137 Å². The van der Waals surface area contributed by atoms with E-state index >= 15 is 0 Å². The normalized spacial score (nSPS) is 11.3. The summed E-state index contributed by atoms with van der Waals surface area (Å²) in [7, 11) is 0. The van der Waals surface area contributed by atoms with Crippen molar-refractivity contribution >= 4 is 21.8 Å². The van der Waals surface area contributed by atoms with E-state index in [1.54, 1.807) is 6.20 Å². The summed E-state index contributed by atoms with van der Waals surface area (Å²) in [5.74, 6) is 0. The molecule has 2 N–H and O–H groups in total. The Bertz CT molecular complexity index is 1140. The highest BCUT2D eigenvalue weighted by Gasteiger charge is 2.09. The van der Waals surface area contributed by atoms with Crippen molar-refractivity contribution in [1.29, 1.82) is 0 Å². The van der Waals surface area contributed by atoms with Crippen molar-refractivity contribution < 1.29 is 0 Å². The molecule has 0 fully saturated rings. The van der Waals surface area contributed by atoms with Crippen LogP contribution in [-0.2, 0) is 0 Å². The molecule has 5 nitrogen and oxygen atoms in total. The predicted molar refractivity (Wildman–Crippen MR) is 94.4 cm³/mol. The SMILES string of the molecule is c1cncc(-c2cc3c(cn2)[nH]c2ccc(-c4cn[nH]c4)cc23)c1. The fourth-order valence-corrected chi connectivity index (χ4v) is 3.06. The molecule has 5 aromatic rings. The van der Waals surface area contributed by atoms with Gasteiger partial charge in [-0.2, -0.15) is 5.10 Å². The topological polar surface area (TPSA) is 70.2 Å². The van der Waals surface area contributed by atoms with E-state index in [0.29, 0.717) is 0 Å². The summed E-state index contributed by atoms with van der Waals surface area (Å²) in [5.41, 5.74) is 6.28. The number of hydrogen-bond acceptors (Lipinski definition) is 3. The minimum Gasteiger partial charge on any atom is -0.353 e. The first-order valence-corrected chi connectivity index (χ1v) is 7.69. The van der Waals surface area contributed by atoms with E-state index in [2.05, 4.69) is 49.4 Å². The third-order valence-corrected chi connectivity index (χ3v) is 4.27.